The summed E-state index contributed by atoms with van der Waals surface area (Å²) in [6.07, 6.45) is 1.54. The zero-order valence-electron chi connectivity index (χ0n) is 10.6. The van der Waals surface area contributed by atoms with Crippen LogP contribution in [0.25, 0.3) is 10.9 Å². The van der Waals surface area contributed by atoms with Gasteiger partial charge < -0.3 is 10.1 Å². The van der Waals surface area contributed by atoms with Crippen LogP contribution in [-0.2, 0) is 0 Å². The second-order valence-electron chi connectivity index (χ2n) is 4.86. The summed E-state index contributed by atoms with van der Waals surface area (Å²) in [5.74, 6) is -0.704. The summed E-state index contributed by atoms with van der Waals surface area (Å²) in [6.45, 7) is 0.364. The van der Waals surface area contributed by atoms with E-state index in [4.69, 9.17) is 5.11 Å². The average molecular weight is 276 g/mol. The van der Waals surface area contributed by atoms with Crippen molar-refractivity contribution in [2.75, 3.05) is 6.54 Å². The number of fused-ring (bicyclic) bond motifs is 1. The lowest BCUT2D eigenvalue weighted by Crippen LogP contribution is -2.39. The first kappa shape index (κ1) is 12.7. The van der Waals surface area contributed by atoms with Crippen LogP contribution in [-0.4, -0.2) is 39.5 Å². The lowest BCUT2D eigenvalue weighted by Gasteiger charge is -2.19. The lowest BCUT2D eigenvalue weighted by atomic mass is 10.0. The number of hydrogen-bond donors (Lipinski definition) is 2. The monoisotopic (exact) mass is 276 g/mol. The van der Waals surface area contributed by atoms with Crippen molar-refractivity contribution in [2.45, 2.75) is 18.9 Å². The van der Waals surface area contributed by atoms with Gasteiger partial charge in [0.2, 0.25) is 0 Å². The minimum absolute atomic E-state index is 0.274. The number of carbonyl (C=O) groups excluding carboxylic acids is 1. The number of carbonyl (C=O) groups is 2. The molecule has 0 radical (unpaired) electrons. The number of carboxylic acid groups (broad SMARTS) is 1. The first-order valence-electron chi connectivity index (χ1n) is 6.39. The van der Waals surface area contributed by atoms with Crippen LogP contribution in [0.3, 0.4) is 0 Å². The maximum atomic E-state index is 13.6. The van der Waals surface area contributed by atoms with Crippen molar-refractivity contribution in [2.24, 2.45) is 0 Å². The fourth-order valence-corrected chi connectivity index (χ4v) is 2.77. The Labute approximate surface area is 114 Å². The van der Waals surface area contributed by atoms with Gasteiger partial charge in [-0.3, -0.25) is 9.69 Å². The fraction of sp³-hybridized carbons (Fsp3) is 0.286. The van der Waals surface area contributed by atoms with E-state index in [9.17, 15) is 14.0 Å². The van der Waals surface area contributed by atoms with Crippen LogP contribution in [0, 0.1) is 5.82 Å². The molecule has 1 saturated heterocycles. The molecule has 2 heterocycles. The van der Waals surface area contributed by atoms with E-state index in [1.165, 1.54) is 18.3 Å². The number of aromatic amines is 1. The maximum absolute atomic E-state index is 13.6. The molecule has 3 rings (SSSR count). The standard InChI is InChI=1S/C14H13FN2O3/c15-10-4-1-3-8-9(7-16-12(8)10)13(18)11-5-2-6-17(11)14(19)20/h1,3-4,7,11,16H,2,5-6H2,(H,19,20)/t11-/m1/s1. The van der Waals surface area contributed by atoms with Crippen molar-refractivity contribution < 1.29 is 19.1 Å². The summed E-state index contributed by atoms with van der Waals surface area (Å²) in [6, 6.07) is 3.83. The van der Waals surface area contributed by atoms with Crippen LogP contribution in [0.1, 0.15) is 23.2 Å². The van der Waals surface area contributed by atoms with Crippen molar-refractivity contribution in [1.82, 2.24) is 9.88 Å². The molecule has 20 heavy (non-hydrogen) atoms. The molecule has 1 aliphatic rings. The lowest BCUT2D eigenvalue weighted by molar-refractivity contribution is 0.0846. The number of nitrogens with one attached hydrogen (secondary N) is 1. The summed E-state index contributed by atoms with van der Waals surface area (Å²) < 4.78 is 13.6. The largest absolute Gasteiger partial charge is 0.465 e. The quantitative estimate of drug-likeness (QED) is 0.828. The number of rotatable bonds is 2. The number of amides is 1. The van der Waals surface area contributed by atoms with Crippen molar-refractivity contribution in [3.63, 3.8) is 0 Å². The van der Waals surface area contributed by atoms with E-state index in [1.807, 2.05) is 0 Å². The normalized spacial score (nSPS) is 18.6. The smallest absolute Gasteiger partial charge is 0.407 e. The van der Waals surface area contributed by atoms with E-state index in [0.717, 1.165) is 4.90 Å². The number of para-hydroxylation sites is 1. The molecular formula is C14H13FN2O3. The van der Waals surface area contributed by atoms with E-state index in [1.54, 1.807) is 6.07 Å². The number of halogens is 1. The second kappa shape index (κ2) is 4.63. The van der Waals surface area contributed by atoms with Crippen molar-refractivity contribution in [3.8, 4) is 0 Å². The number of ketones is 1. The molecule has 0 unspecified atom stereocenters. The van der Waals surface area contributed by atoms with Gasteiger partial charge >= 0.3 is 6.09 Å². The van der Waals surface area contributed by atoms with E-state index in [-0.39, 0.29) is 11.3 Å². The molecule has 1 aromatic heterocycles. The summed E-state index contributed by atoms with van der Waals surface area (Å²) >= 11 is 0. The molecular weight excluding hydrogens is 263 g/mol. The molecule has 1 aliphatic heterocycles. The molecule has 2 N–H and O–H groups in total. The molecule has 0 aliphatic carbocycles. The molecule has 0 spiro atoms. The number of likely N-dealkylation sites (tertiary alicyclic amines) is 1. The zero-order valence-corrected chi connectivity index (χ0v) is 10.6. The maximum Gasteiger partial charge on any atom is 0.407 e. The number of benzene rings is 1. The Bertz CT molecular complexity index is 695. The summed E-state index contributed by atoms with van der Waals surface area (Å²) in [4.78, 5) is 27.5. The Balaban J connectivity index is 2.01. The predicted molar refractivity (Wildman–Crippen MR) is 70.3 cm³/mol. The third-order valence-electron chi connectivity index (χ3n) is 3.73. The molecule has 0 saturated carbocycles. The molecule has 1 aromatic carbocycles. The van der Waals surface area contributed by atoms with Crippen LogP contribution < -0.4 is 0 Å². The SMILES string of the molecule is O=C(c1c[nH]c2c(F)cccc12)[C@H]1CCCN1C(=O)O. The Morgan fingerprint density at radius 3 is 2.95 bits per heavy atom. The number of nitrogens with zero attached hydrogens (tertiary/aromatic N) is 1. The molecule has 6 heteroatoms. The zero-order chi connectivity index (χ0) is 14.3. The van der Waals surface area contributed by atoms with E-state index >= 15 is 0 Å². The first-order chi connectivity index (χ1) is 9.59. The number of aromatic nitrogens is 1. The van der Waals surface area contributed by atoms with Crippen LogP contribution in [0.5, 0.6) is 0 Å². The number of Topliss-reactive ketones (excluding diaryl/α,β-unsaturated/α-hetero) is 1. The highest BCUT2D eigenvalue weighted by atomic mass is 19.1. The number of H-pyrrole nitrogens is 1. The highest BCUT2D eigenvalue weighted by Gasteiger charge is 2.35. The third-order valence-corrected chi connectivity index (χ3v) is 3.73. The molecule has 104 valence electrons. The van der Waals surface area contributed by atoms with Crippen LogP contribution >= 0.6 is 0 Å². The molecule has 5 nitrogen and oxygen atoms in total. The van der Waals surface area contributed by atoms with Gasteiger partial charge in [-0.2, -0.15) is 0 Å². The Morgan fingerprint density at radius 2 is 2.20 bits per heavy atom. The third kappa shape index (κ3) is 1.84. The van der Waals surface area contributed by atoms with Crippen molar-refractivity contribution in [3.05, 3.63) is 35.8 Å². The summed E-state index contributed by atoms with van der Waals surface area (Å²) in [5, 5.41) is 9.59. The molecule has 0 bridgehead atoms. The summed E-state index contributed by atoms with van der Waals surface area (Å²) in [7, 11) is 0. The van der Waals surface area contributed by atoms with Gasteiger partial charge in [-0.15, -0.1) is 0 Å². The topological polar surface area (TPSA) is 73.4 Å². The van der Waals surface area contributed by atoms with Crippen LogP contribution in [0.4, 0.5) is 9.18 Å². The van der Waals surface area contributed by atoms with E-state index < -0.39 is 18.0 Å². The van der Waals surface area contributed by atoms with Gasteiger partial charge in [-0.05, 0) is 18.9 Å². The van der Waals surface area contributed by atoms with Gasteiger partial charge in [0.05, 0.1) is 11.6 Å². The van der Waals surface area contributed by atoms with Crippen LogP contribution in [0.2, 0.25) is 0 Å². The van der Waals surface area contributed by atoms with Gasteiger partial charge in [-0.1, -0.05) is 12.1 Å². The van der Waals surface area contributed by atoms with Crippen molar-refractivity contribution in [1.29, 1.82) is 0 Å². The van der Waals surface area contributed by atoms with E-state index in [2.05, 4.69) is 4.98 Å². The summed E-state index contributed by atoms with van der Waals surface area (Å²) in [5.41, 5.74) is 0.619. The minimum Gasteiger partial charge on any atom is -0.465 e. The second-order valence-corrected chi connectivity index (χ2v) is 4.86. The average Bonchev–Trinajstić information content (AvgIpc) is 3.05. The molecule has 1 amide bonds. The Morgan fingerprint density at radius 1 is 1.40 bits per heavy atom. The highest BCUT2D eigenvalue weighted by molar-refractivity contribution is 6.11. The van der Waals surface area contributed by atoms with E-state index in [0.29, 0.717) is 30.3 Å². The minimum atomic E-state index is -1.09. The van der Waals surface area contributed by atoms with Gasteiger partial charge in [0.15, 0.2) is 5.78 Å². The molecule has 1 fully saturated rings. The Kier molecular flexibility index (Phi) is 2.93. The highest BCUT2D eigenvalue weighted by Crippen LogP contribution is 2.26. The molecule has 1 atom stereocenters. The first-order valence-corrected chi connectivity index (χ1v) is 6.39. The van der Waals surface area contributed by atoms with Crippen molar-refractivity contribution >= 4 is 22.8 Å². The molecule has 2 aromatic rings. The van der Waals surface area contributed by atoms with Crippen LogP contribution in [0.15, 0.2) is 24.4 Å². The van der Waals surface area contributed by atoms with Gasteiger partial charge in [0.25, 0.3) is 0 Å². The van der Waals surface area contributed by atoms with Gasteiger partial charge in [0.1, 0.15) is 5.82 Å². The number of hydrogen-bond acceptors (Lipinski definition) is 2. The Hall–Kier alpha value is -2.37. The van der Waals surface area contributed by atoms with Gasteiger partial charge in [0, 0.05) is 23.7 Å². The fourth-order valence-electron chi connectivity index (χ4n) is 2.77. The van der Waals surface area contributed by atoms with Gasteiger partial charge in [-0.25, -0.2) is 9.18 Å². The predicted octanol–water partition coefficient (Wildman–Crippen LogP) is 2.63.